The fraction of sp³-hybridized carbons (Fsp3) is 0.714. The maximum Gasteiger partial charge on any atom is 0.193 e. The minimum Gasteiger partial charge on any atom is -0.381 e. The summed E-state index contributed by atoms with van der Waals surface area (Å²) in [4.78, 5) is 14.1. The lowest BCUT2D eigenvalue weighted by Crippen LogP contribution is -2.40. The number of guanidine groups is 1. The standard InChI is InChI=1S/C21H35N5O2/c1-3-22-21(25(2)10-6-18-7-13-27-14-8-18)24-17-19-5-4-9-23-20(19)26-11-15-28-16-12-26/h4-5,9,18H,3,6-8,10-17H2,1-2H3,(H,22,24). The van der Waals surface area contributed by atoms with Crippen LogP contribution in [0.15, 0.2) is 23.3 Å². The van der Waals surface area contributed by atoms with Gasteiger partial charge in [-0.25, -0.2) is 9.98 Å². The van der Waals surface area contributed by atoms with Crippen molar-refractivity contribution in [3.63, 3.8) is 0 Å². The molecule has 3 rings (SSSR count). The molecule has 7 nitrogen and oxygen atoms in total. The summed E-state index contributed by atoms with van der Waals surface area (Å²) in [5, 5.41) is 3.44. The molecule has 0 aromatic carbocycles. The number of pyridine rings is 1. The van der Waals surface area contributed by atoms with E-state index in [1.165, 1.54) is 19.3 Å². The molecule has 0 atom stereocenters. The van der Waals surface area contributed by atoms with Crippen molar-refractivity contribution in [2.75, 3.05) is 64.6 Å². The van der Waals surface area contributed by atoms with E-state index in [4.69, 9.17) is 14.5 Å². The van der Waals surface area contributed by atoms with E-state index in [1.807, 2.05) is 12.3 Å². The molecule has 3 heterocycles. The quantitative estimate of drug-likeness (QED) is 0.569. The Labute approximate surface area is 169 Å². The number of hydrogen-bond donors (Lipinski definition) is 1. The summed E-state index contributed by atoms with van der Waals surface area (Å²) in [6.07, 6.45) is 5.42. The molecule has 0 aliphatic carbocycles. The lowest BCUT2D eigenvalue weighted by atomic mass is 9.96. The maximum atomic E-state index is 5.48. The third kappa shape index (κ3) is 6.07. The lowest BCUT2D eigenvalue weighted by Gasteiger charge is -2.29. The number of rotatable bonds is 7. The van der Waals surface area contributed by atoms with E-state index in [-0.39, 0.29) is 0 Å². The van der Waals surface area contributed by atoms with Crippen molar-refractivity contribution in [3.05, 3.63) is 23.9 Å². The fourth-order valence-electron chi connectivity index (χ4n) is 3.76. The zero-order valence-corrected chi connectivity index (χ0v) is 17.4. The van der Waals surface area contributed by atoms with Crippen molar-refractivity contribution >= 4 is 11.8 Å². The van der Waals surface area contributed by atoms with Gasteiger partial charge in [0.15, 0.2) is 5.96 Å². The van der Waals surface area contributed by atoms with E-state index in [0.717, 1.165) is 75.9 Å². The Hall–Kier alpha value is -1.86. The molecule has 7 heteroatoms. The Kier molecular flexibility index (Phi) is 8.36. The van der Waals surface area contributed by atoms with Gasteiger partial charge in [-0.2, -0.15) is 0 Å². The van der Waals surface area contributed by atoms with Crippen LogP contribution in [0.4, 0.5) is 5.82 Å². The minimum absolute atomic E-state index is 0.629. The topological polar surface area (TPSA) is 62.2 Å². The van der Waals surface area contributed by atoms with Gasteiger partial charge in [-0.05, 0) is 38.2 Å². The van der Waals surface area contributed by atoms with Crippen molar-refractivity contribution in [2.24, 2.45) is 10.9 Å². The number of hydrogen-bond acceptors (Lipinski definition) is 5. The molecule has 1 aromatic rings. The molecular formula is C21H35N5O2. The van der Waals surface area contributed by atoms with E-state index >= 15 is 0 Å². The normalized spacial score (nSPS) is 18.9. The number of aliphatic imine (C=N–C) groups is 1. The van der Waals surface area contributed by atoms with Gasteiger partial charge in [0, 0.05) is 58.2 Å². The maximum absolute atomic E-state index is 5.48. The highest BCUT2D eigenvalue weighted by Gasteiger charge is 2.17. The number of morpholine rings is 1. The predicted molar refractivity (Wildman–Crippen MR) is 113 cm³/mol. The van der Waals surface area contributed by atoms with Crippen molar-refractivity contribution in [1.29, 1.82) is 0 Å². The van der Waals surface area contributed by atoms with Gasteiger partial charge in [0.05, 0.1) is 19.8 Å². The molecule has 0 amide bonds. The molecule has 2 aliphatic rings. The fourth-order valence-corrected chi connectivity index (χ4v) is 3.76. The molecule has 2 aliphatic heterocycles. The van der Waals surface area contributed by atoms with Gasteiger partial charge in [0.25, 0.3) is 0 Å². The largest absolute Gasteiger partial charge is 0.381 e. The van der Waals surface area contributed by atoms with Crippen LogP contribution in [-0.2, 0) is 16.0 Å². The summed E-state index contributed by atoms with van der Waals surface area (Å²) in [5.41, 5.74) is 1.16. The molecule has 156 valence electrons. The highest BCUT2D eigenvalue weighted by Crippen LogP contribution is 2.20. The van der Waals surface area contributed by atoms with Crippen LogP contribution in [0.2, 0.25) is 0 Å². The van der Waals surface area contributed by atoms with Crippen LogP contribution in [0.25, 0.3) is 0 Å². The average molecular weight is 390 g/mol. The molecule has 0 saturated carbocycles. The van der Waals surface area contributed by atoms with Crippen molar-refractivity contribution < 1.29 is 9.47 Å². The van der Waals surface area contributed by atoms with Gasteiger partial charge in [0.2, 0.25) is 0 Å². The first-order valence-electron chi connectivity index (χ1n) is 10.6. The smallest absolute Gasteiger partial charge is 0.193 e. The Morgan fingerprint density at radius 3 is 2.75 bits per heavy atom. The molecule has 0 bridgehead atoms. The third-order valence-corrected chi connectivity index (χ3v) is 5.49. The van der Waals surface area contributed by atoms with E-state index in [9.17, 15) is 0 Å². The molecule has 0 radical (unpaired) electrons. The summed E-state index contributed by atoms with van der Waals surface area (Å²) >= 11 is 0. The van der Waals surface area contributed by atoms with Gasteiger partial charge < -0.3 is 24.6 Å². The zero-order valence-electron chi connectivity index (χ0n) is 17.4. The first kappa shape index (κ1) is 20.9. The van der Waals surface area contributed by atoms with Crippen molar-refractivity contribution in [2.45, 2.75) is 32.7 Å². The average Bonchev–Trinajstić information content (AvgIpc) is 2.76. The van der Waals surface area contributed by atoms with Crippen LogP contribution < -0.4 is 10.2 Å². The molecule has 0 spiro atoms. The lowest BCUT2D eigenvalue weighted by molar-refractivity contribution is 0.0625. The van der Waals surface area contributed by atoms with Crippen molar-refractivity contribution in [1.82, 2.24) is 15.2 Å². The number of ether oxygens (including phenoxy) is 2. The summed E-state index contributed by atoms with van der Waals surface area (Å²) in [5.74, 6) is 2.77. The molecule has 1 aromatic heterocycles. The second kappa shape index (κ2) is 11.2. The second-order valence-corrected chi connectivity index (χ2v) is 7.52. The molecule has 1 N–H and O–H groups in total. The number of anilines is 1. The minimum atomic E-state index is 0.629. The summed E-state index contributed by atoms with van der Waals surface area (Å²) in [7, 11) is 2.13. The van der Waals surface area contributed by atoms with Gasteiger partial charge in [0.1, 0.15) is 5.82 Å². The van der Waals surface area contributed by atoms with Gasteiger partial charge in [-0.1, -0.05) is 6.07 Å². The predicted octanol–water partition coefficient (Wildman–Crippen LogP) is 2.13. The van der Waals surface area contributed by atoms with Crippen LogP contribution in [0.1, 0.15) is 31.7 Å². The van der Waals surface area contributed by atoms with Crippen LogP contribution in [0, 0.1) is 5.92 Å². The van der Waals surface area contributed by atoms with Crippen LogP contribution >= 0.6 is 0 Å². The van der Waals surface area contributed by atoms with Crippen LogP contribution in [-0.4, -0.2) is 75.5 Å². The summed E-state index contributed by atoms with van der Waals surface area (Å²) < 4.78 is 11.0. The van der Waals surface area contributed by atoms with Gasteiger partial charge >= 0.3 is 0 Å². The Morgan fingerprint density at radius 1 is 1.25 bits per heavy atom. The molecule has 0 unspecified atom stereocenters. The van der Waals surface area contributed by atoms with Crippen molar-refractivity contribution in [3.8, 4) is 0 Å². The first-order valence-corrected chi connectivity index (χ1v) is 10.6. The van der Waals surface area contributed by atoms with Gasteiger partial charge in [-0.15, -0.1) is 0 Å². The molecule has 28 heavy (non-hydrogen) atoms. The highest BCUT2D eigenvalue weighted by atomic mass is 16.5. The number of aromatic nitrogens is 1. The summed E-state index contributed by atoms with van der Waals surface area (Å²) in [6, 6.07) is 4.13. The second-order valence-electron chi connectivity index (χ2n) is 7.52. The molecule has 2 fully saturated rings. The Balaban J connectivity index is 1.62. The molecule has 2 saturated heterocycles. The van der Waals surface area contributed by atoms with E-state index in [2.05, 4.69) is 40.1 Å². The third-order valence-electron chi connectivity index (χ3n) is 5.49. The number of nitrogens with zero attached hydrogens (tertiary/aromatic N) is 4. The monoisotopic (exact) mass is 389 g/mol. The van der Waals surface area contributed by atoms with E-state index in [0.29, 0.717) is 6.54 Å². The number of nitrogens with one attached hydrogen (secondary N) is 1. The zero-order chi connectivity index (χ0) is 19.6. The Bertz CT molecular complexity index is 613. The van der Waals surface area contributed by atoms with Crippen LogP contribution in [0.3, 0.4) is 0 Å². The van der Waals surface area contributed by atoms with Gasteiger partial charge in [-0.3, -0.25) is 0 Å². The molecular weight excluding hydrogens is 354 g/mol. The first-order chi connectivity index (χ1) is 13.8. The SMILES string of the molecule is CCNC(=NCc1cccnc1N1CCOCC1)N(C)CCC1CCOCC1. The summed E-state index contributed by atoms with van der Waals surface area (Å²) in [6.45, 7) is 9.74. The van der Waals surface area contributed by atoms with E-state index < -0.39 is 0 Å². The highest BCUT2D eigenvalue weighted by molar-refractivity contribution is 5.79. The van der Waals surface area contributed by atoms with Crippen LogP contribution in [0.5, 0.6) is 0 Å². The Morgan fingerprint density at radius 2 is 2.00 bits per heavy atom. The van der Waals surface area contributed by atoms with E-state index in [1.54, 1.807) is 0 Å².